The molecule has 0 amide bonds. The van der Waals surface area contributed by atoms with Gasteiger partial charge in [0, 0.05) is 6.92 Å². The van der Waals surface area contributed by atoms with E-state index in [4.69, 9.17) is 0 Å². The SMILES string of the molecule is CC.Cc1[nH]c2ccccc2[n+]1C. The minimum Gasteiger partial charge on any atom is -0.241 e. The van der Waals surface area contributed by atoms with Gasteiger partial charge in [0.25, 0.3) is 5.82 Å². The minimum atomic E-state index is 1.19. The number of hydrogen-bond acceptors (Lipinski definition) is 0. The fourth-order valence-corrected chi connectivity index (χ4v) is 1.33. The second kappa shape index (κ2) is 4.08. The van der Waals surface area contributed by atoms with E-state index in [0.717, 1.165) is 0 Å². The van der Waals surface area contributed by atoms with E-state index in [9.17, 15) is 0 Å². The zero-order valence-electron chi connectivity index (χ0n) is 8.76. The Labute approximate surface area is 79.2 Å². The van der Waals surface area contributed by atoms with Gasteiger partial charge in [-0.15, -0.1) is 0 Å². The van der Waals surface area contributed by atoms with Gasteiger partial charge in [0.1, 0.15) is 0 Å². The number of nitrogens with zero attached hydrogens (tertiary/aromatic N) is 1. The summed E-state index contributed by atoms with van der Waals surface area (Å²) in [6.07, 6.45) is 0. The average Bonchev–Trinajstić information content (AvgIpc) is 2.47. The number of fused-ring (bicyclic) bond motifs is 1. The quantitative estimate of drug-likeness (QED) is 0.596. The fourth-order valence-electron chi connectivity index (χ4n) is 1.33. The molecule has 0 saturated carbocycles. The lowest BCUT2D eigenvalue weighted by Gasteiger charge is -1.85. The third-order valence-corrected chi connectivity index (χ3v) is 2.08. The van der Waals surface area contributed by atoms with Crippen molar-refractivity contribution in [3.63, 3.8) is 0 Å². The Bertz CT molecular complexity index is 388. The molecule has 2 aromatic rings. The lowest BCUT2D eigenvalue weighted by molar-refractivity contribution is -0.651. The predicted octanol–water partition coefficient (Wildman–Crippen LogP) is 2.33. The molecule has 13 heavy (non-hydrogen) atoms. The maximum atomic E-state index is 3.29. The van der Waals surface area contributed by atoms with Crippen LogP contribution in [-0.2, 0) is 7.05 Å². The summed E-state index contributed by atoms with van der Waals surface area (Å²) < 4.78 is 2.15. The molecule has 0 saturated heterocycles. The van der Waals surface area contributed by atoms with E-state index < -0.39 is 0 Å². The Morgan fingerprint density at radius 2 is 1.77 bits per heavy atom. The van der Waals surface area contributed by atoms with Crippen LogP contribution in [0, 0.1) is 6.92 Å². The van der Waals surface area contributed by atoms with E-state index in [0.29, 0.717) is 0 Å². The molecule has 1 aromatic heterocycles. The van der Waals surface area contributed by atoms with Crippen molar-refractivity contribution in [1.29, 1.82) is 0 Å². The van der Waals surface area contributed by atoms with Crippen molar-refractivity contribution in [1.82, 2.24) is 4.98 Å². The number of aromatic amines is 1. The lowest BCUT2D eigenvalue weighted by atomic mass is 10.3. The highest BCUT2D eigenvalue weighted by atomic mass is 15.0. The number of H-pyrrole nitrogens is 1. The molecule has 0 unspecified atom stereocenters. The van der Waals surface area contributed by atoms with Crippen LogP contribution < -0.4 is 4.57 Å². The van der Waals surface area contributed by atoms with Crippen LogP contribution in [-0.4, -0.2) is 4.98 Å². The number of para-hydroxylation sites is 2. The molecule has 0 aliphatic carbocycles. The Morgan fingerprint density at radius 3 is 2.38 bits per heavy atom. The molecule has 2 rings (SSSR count). The molecule has 0 spiro atoms. The van der Waals surface area contributed by atoms with E-state index in [2.05, 4.69) is 41.7 Å². The van der Waals surface area contributed by atoms with Crippen molar-refractivity contribution >= 4 is 11.0 Å². The first kappa shape index (κ1) is 9.78. The van der Waals surface area contributed by atoms with E-state index >= 15 is 0 Å². The molecule has 1 N–H and O–H groups in total. The van der Waals surface area contributed by atoms with Crippen LogP contribution >= 0.6 is 0 Å². The van der Waals surface area contributed by atoms with Crippen LogP contribution in [0.4, 0.5) is 0 Å². The number of rotatable bonds is 0. The monoisotopic (exact) mass is 177 g/mol. The van der Waals surface area contributed by atoms with Crippen molar-refractivity contribution < 1.29 is 4.57 Å². The van der Waals surface area contributed by atoms with Crippen LogP contribution in [0.15, 0.2) is 24.3 Å². The first-order valence-electron chi connectivity index (χ1n) is 4.72. The zero-order chi connectivity index (χ0) is 9.84. The highest BCUT2D eigenvalue weighted by Crippen LogP contribution is 2.06. The lowest BCUT2D eigenvalue weighted by Crippen LogP contribution is -2.29. The Morgan fingerprint density at radius 1 is 1.15 bits per heavy atom. The van der Waals surface area contributed by atoms with Gasteiger partial charge in [0.2, 0.25) is 0 Å². The van der Waals surface area contributed by atoms with Gasteiger partial charge in [-0.25, -0.2) is 9.55 Å². The van der Waals surface area contributed by atoms with Crippen LogP contribution in [0.3, 0.4) is 0 Å². The van der Waals surface area contributed by atoms with E-state index in [1.807, 2.05) is 19.9 Å². The van der Waals surface area contributed by atoms with E-state index in [1.165, 1.54) is 16.9 Å². The van der Waals surface area contributed by atoms with Crippen molar-refractivity contribution in [3.05, 3.63) is 30.1 Å². The molecule has 0 atom stereocenters. The number of aromatic nitrogens is 2. The Balaban J connectivity index is 0.000000396. The molecule has 2 nitrogen and oxygen atoms in total. The Hall–Kier alpha value is -1.31. The second-order valence-electron chi connectivity index (χ2n) is 2.79. The Kier molecular flexibility index (Phi) is 3.07. The first-order chi connectivity index (χ1) is 6.29. The molecule has 0 fully saturated rings. The summed E-state index contributed by atoms with van der Waals surface area (Å²) >= 11 is 0. The summed E-state index contributed by atoms with van der Waals surface area (Å²) in [5.74, 6) is 1.19. The summed E-state index contributed by atoms with van der Waals surface area (Å²) in [6.45, 7) is 6.07. The van der Waals surface area contributed by atoms with Gasteiger partial charge in [-0.05, 0) is 12.1 Å². The van der Waals surface area contributed by atoms with Crippen LogP contribution in [0.2, 0.25) is 0 Å². The predicted molar refractivity (Wildman–Crippen MR) is 55.6 cm³/mol. The van der Waals surface area contributed by atoms with Crippen molar-refractivity contribution in [2.45, 2.75) is 20.8 Å². The molecular formula is C11H17N2+. The third kappa shape index (κ3) is 1.72. The van der Waals surface area contributed by atoms with Crippen LogP contribution in [0.5, 0.6) is 0 Å². The van der Waals surface area contributed by atoms with Gasteiger partial charge in [0.15, 0.2) is 11.0 Å². The number of imidazole rings is 1. The topological polar surface area (TPSA) is 19.7 Å². The minimum absolute atomic E-state index is 1.19. The van der Waals surface area contributed by atoms with Gasteiger partial charge in [-0.2, -0.15) is 0 Å². The molecule has 70 valence electrons. The van der Waals surface area contributed by atoms with Crippen molar-refractivity contribution in [2.75, 3.05) is 0 Å². The fraction of sp³-hybridized carbons (Fsp3) is 0.364. The van der Waals surface area contributed by atoms with Crippen molar-refractivity contribution in [3.8, 4) is 0 Å². The molecule has 1 aromatic carbocycles. The first-order valence-corrected chi connectivity index (χ1v) is 4.72. The molecule has 2 heteroatoms. The zero-order valence-corrected chi connectivity index (χ0v) is 8.76. The van der Waals surface area contributed by atoms with Gasteiger partial charge in [0.05, 0.1) is 7.05 Å². The smallest absolute Gasteiger partial charge is 0.241 e. The number of hydrogen-bond donors (Lipinski definition) is 1. The van der Waals surface area contributed by atoms with Gasteiger partial charge >= 0.3 is 0 Å². The summed E-state index contributed by atoms with van der Waals surface area (Å²) in [5.41, 5.74) is 2.46. The van der Waals surface area contributed by atoms with Gasteiger partial charge in [-0.1, -0.05) is 26.0 Å². The van der Waals surface area contributed by atoms with Crippen LogP contribution in [0.25, 0.3) is 11.0 Å². The number of benzene rings is 1. The largest absolute Gasteiger partial charge is 0.251 e. The normalized spacial score (nSPS) is 9.54. The molecule has 1 heterocycles. The third-order valence-electron chi connectivity index (χ3n) is 2.08. The van der Waals surface area contributed by atoms with Crippen LogP contribution in [0.1, 0.15) is 19.7 Å². The highest BCUT2D eigenvalue weighted by Gasteiger charge is 2.08. The maximum absolute atomic E-state index is 3.29. The average molecular weight is 177 g/mol. The standard InChI is InChI=1S/C9H10N2.C2H6/c1-7-10-8-5-3-4-6-9(8)11(7)2;1-2/h3-6H,1-2H3;1-2H3/p+1. The summed E-state index contributed by atoms with van der Waals surface area (Å²) in [6, 6.07) is 8.29. The van der Waals surface area contributed by atoms with E-state index in [-0.39, 0.29) is 0 Å². The number of aryl methyl sites for hydroxylation is 2. The summed E-state index contributed by atoms with van der Waals surface area (Å²) in [4.78, 5) is 3.29. The molecule has 0 bridgehead atoms. The molecule has 0 aliphatic heterocycles. The van der Waals surface area contributed by atoms with Gasteiger partial charge in [-0.3, -0.25) is 0 Å². The molecular weight excluding hydrogens is 160 g/mol. The molecule has 0 aliphatic rings. The van der Waals surface area contributed by atoms with Gasteiger partial charge < -0.3 is 0 Å². The second-order valence-corrected chi connectivity index (χ2v) is 2.79. The maximum Gasteiger partial charge on any atom is 0.251 e. The summed E-state index contributed by atoms with van der Waals surface area (Å²) in [5, 5.41) is 0. The van der Waals surface area contributed by atoms with E-state index in [1.54, 1.807) is 0 Å². The highest BCUT2D eigenvalue weighted by molar-refractivity contribution is 5.70. The summed E-state index contributed by atoms with van der Waals surface area (Å²) in [7, 11) is 2.06. The molecule has 0 radical (unpaired) electrons. The number of nitrogens with one attached hydrogen (secondary N) is 1. The van der Waals surface area contributed by atoms with Crippen molar-refractivity contribution in [2.24, 2.45) is 7.05 Å².